The second-order valence-corrected chi connectivity index (χ2v) is 21.6. The quantitative estimate of drug-likeness (QED) is 0.0197. The molecule has 0 aromatic heterocycles. The van der Waals surface area contributed by atoms with E-state index in [4.69, 9.17) is 23.3 Å². The molecule has 0 amide bonds. The van der Waals surface area contributed by atoms with E-state index < -0.39 is 57.8 Å². The number of hydrogen-bond donors (Lipinski definition) is 2. The van der Waals surface area contributed by atoms with Crippen molar-refractivity contribution in [2.24, 2.45) is 0 Å². The first-order valence-electron chi connectivity index (χ1n) is 30.2. The Bertz CT molecular complexity index is 1470. The molecule has 430 valence electrons. The molecule has 0 aliphatic heterocycles. The molecule has 3 unspecified atom stereocenters. The van der Waals surface area contributed by atoms with Gasteiger partial charge in [0, 0.05) is 19.3 Å². The topological polar surface area (TPSA) is 155 Å². The summed E-state index contributed by atoms with van der Waals surface area (Å²) < 4.78 is 39.5. The average Bonchev–Trinajstić information content (AvgIpc) is 3.39. The monoisotopic (exact) mass is 1060 g/mol. The lowest BCUT2D eigenvalue weighted by atomic mass is 10.0. The van der Waals surface area contributed by atoms with E-state index in [1.54, 1.807) is 0 Å². The Hall–Kier alpha value is -2.82. The summed E-state index contributed by atoms with van der Waals surface area (Å²) in [6.45, 7) is 4.51. The molecule has 11 nitrogen and oxygen atoms in total. The highest BCUT2D eigenvalue weighted by Gasteiger charge is 2.28. The number of hydrogen-bond acceptors (Lipinski definition) is 10. The van der Waals surface area contributed by atoms with Crippen molar-refractivity contribution in [2.45, 2.75) is 290 Å². The van der Waals surface area contributed by atoms with Gasteiger partial charge in [-0.05, 0) is 83.5 Å². The van der Waals surface area contributed by atoms with Crippen LogP contribution in [-0.4, -0.2) is 66.5 Å². The van der Waals surface area contributed by atoms with E-state index >= 15 is 0 Å². The molecule has 0 spiro atoms. The predicted molar refractivity (Wildman–Crippen MR) is 307 cm³/mol. The van der Waals surface area contributed by atoms with Crippen LogP contribution in [0.2, 0.25) is 0 Å². The van der Waals surface area contributed by atoms with Crippen molar-refractivity contribution >= 4 is 25.7 Å². The van der Waals surface area contributed by atoms with Gasteiger partial charge in [0.25, 0.3) is 0 Å². The van der Waals surface area contributed by atoms with Gasteiger partial charge in [0.1, 0.15) is 12.7 Å². The minimum atomic E-state index is -4.76. The second kappa shape index (κ2) is 56.4. The first-order valence-corrected chi connectivity index (χ1v) is 31.7. The van der Waals surface area contributed by atoms with Crippen LogP contribution in [0.1, 0.15) is 278 Å². The van der Waals surface area contributed by atoms with E-state index in [9.17, 15) is 28.9 Å². The molecule has 2 N–H and O–H groups in total. The smallest absolute Gasteiger partial charge is 0.462 e. The molecular weight excluding hydrogens is 952 g/mol. The Morgan fingerprint density at radius 2 is 0.703 bits per heavy atom. The van der Waals surface area contributed by atoms with Crippen LogP contribution in [0.3, 0.4) is 0 Å². The number of unbranched alkanes of at least 4 members (excludes halogenated alkanes) is 29. The number of ether oxygens (including phenoxy) is 3. The van der Waals surface area contributed by atoms with Gasteiger partial charge in [0.15, 0.2) is 6.10 Å². The van der Waals surface area contributed by atoms with Crippen molar-refractivity contribution < 1.29 is 52.2 Å². The molecule has 3 atom stereocenters. The highest BCUT2D eigenvalue weighted by Crippen LogP contribution is 2.43. The van der Waals surface area contributed by atoms with Crippen LogP contribution in [0.5, 0.6) is 0 Å². The number of carbonyl (C=O) groups is 3. The van der Waals surface area contributed by atoms with E-state index in [2.05, 4.69) is 81.5 Å². The van der Waals surface area contributed by atoms with Gasteiger partial charge >= 0.3 is 25.7 Å². The molecule has 0 saturated carbocycles. The predicted octanol–water partition coefficient (Wildman–Crippen LogP) is 17.9. The Labute approximate surface area is 453 Å². The Morgan fingerprint density at radius 1 is 0.392 bits per heavy atom. The number of phosphoric ester groups is 1. The van der Waals surface area contributed by atoms with Crippen LogP contribution in [0.25, 0.3) is 0 Å². The Kier molecular flexibility index (Phi) is 54.2. The standard InChI is InChI=1S/C62H111O11P/c1-4-7-10-13-16-19-22-25-27-28-29-30-32-35-38-41-44-47-50-53-62(66)73-59(55-69-60(64)51-48-45-42-39-36-34-31-26-23-20-17-14-11-8-5-2)57-71-74(67,68)70-56-58(54-63)72-61(65)52-49-46-43-40-37-33-24-21-18-15-12-9-6-3/h8,11,17,20,25-27,31,36,39,58-59,63H,4-7,9-10,12-16,18-19,21-24,28-30,32-35,37-38,40-57H2,1-3H3,(H,67,68)/b11-8-,20-17-,27-25-,31-26-,39-36-. The van der Waals surface area contributed by atoms with Crippen LogP contribution in [0.15, 0.2) is 60.8 Å². The summed E-state index contributed by atoms with van der Waals surface area (Å²) in [6, 6.07) is 0. The molecule has 0 aliphatic carbocycles. The summed E-state index contributed by atoms with van der Waals surface area (Å²) in [5.41, 5.74) is 0. The fraction of sp³-hybridized carbons (Fsp3) is 0.790. The number of esters is 3. The molecule has 0 bridgehead atoms. The van der Waals surface area contributed by atoms with Gasteiger partial charge in [-0.25, -0.2) is 4.57 Å². The van der Waals surface area contributed by atoms with Crippen LogP contribution in [0, 0.1) is 0 Å². The minimum absolute atomic E-state index is 0.157. The fourth-order valence-corrected chi connectivity index (χ4v) is 9.13. The van der Waals surface area contributed by atoms with Gasteiger partial charge in [0.05, 0.1) is 19.8 Å². The molecular formula is C62H111O11P. The third-order valence-electron chi connectivity index (χ3n) is 12.9. The van der Waals surface area contributed by atoms with E-state index in [1.807, 2.05) is 0 Å². The zero-order valence-corrected chi connectivity index (χ0v) is 48.5. The van der Waals surface area contributed by atoms with Gasteiger partial charge in [-0.2, -0.15) is 0 Å². The summed E-state index contributed by atoms with van der Waals surface area (Å²) in [5, 5.41) is 9.82. The normalized spacial score (nSPS) is 13.7. The number of rotatable bonds is 56. The van der Waals surface area contributed by atoms with E-state index in [1.165, 1.54) is 141 Å². The third-order valence-corrected chi connectivity index (χ3v) is 13.9. The summed E-state index contributed by atoms with van der Waals surface area (Å²) in [7, 11) is -4.76. The minimum Gasteiger partial charge on any atom is -0.462 e. The third kappa shape index (κ3) is 54.0. The maximum Gasteiger partial charge on any atom is 0.472 e. The molecule has 0 aromatic rings. The van der Waals surface area contributed by atoms with Gasteiger partial charge in [-0.15, -0.1) is 0 Å². The lowest BCUT2D eigenvalue weighted by Gasteiger charge is -2.21. The van der Waals surface area contributed by atoms with Crippen molar-refractivity contribution in [3.8, 4) is 0 Å². The number of phosphoric acid groups is 1. The number of aliphatic hydroxyl groups is 1. The van der Waals surface area contributed by atoms with Crippen LogP contribution >= 0.6 is 7.82 Å². The van der Waals surface area contributed by atoms with Crippen LogP contribution in [0.4, 0.5) is 0 Å². The largest absolute Gasteiger partial charge is 0.472 e. The van der Waals surface area contributed by atoms with Crippen molar-refractivity contribution in [1.82, 2.24) is 0 Å². The number of carbonyl (C=O) groups excluding carboxylic acids is 3. The summed E-state index contributed by atoms with van der Waals surface area (Å²) in [4.78, 5) is 48.6. The first-order chi connectivity index (χ1) is 36.2. The Balaban J connectivity index is 4.74. The summed E-state index contributed by atoms with van der Waals surface area (Å²) >= 11 is 0. The van der Waals surface area contributed by atoms with Crippen LogP contribution in [-0.2, 0) is 42.2 Å². The molecule has 0 heterocycles. The molecule has 0 radical (unpaired) electrons. The first kappa shape index (κ1) is 71.2. The number of aliphatic hydroxyl groups excluding tert-OH is 1. The summed E-state index contributed by atoms with van der Waals surface area (Å²) in [5.74, 6) is -1.50. The van der Waals surface area contributed by atoms with Crippen molar-refractivity contribution in [2.75, 3.05) is 26.4 Å². The average molecular weight is 1060 g/mol. The molecule has 0 saturated heterocycles. The maximum absolute atomic E-state index is 12.9. The van der Waals surface area contributed by atoms with Gasteiger partial charge < -0.3 is 24.2 Å². The van der Waals surface area contributed by atoms with E-state index in [0.717, 1.165) is 77.0 Å². The second-order valence-electron chi connectivity index (χ2n) is 20.1. The maximum atomic E-state index is 12.9. The van der Waals surface area contributed by atoms with Gasteiger partial charge in [0.2, 0.25) is 0 Å². The van der Waals surface area contributed by atoms with Crippen molar-refractivity contribution in [3.63, 3.8) is 0 Å². The fourth-order valence-electron chi connectivity index (χ4n) is 8.34. The van der Waals surface area contributed by atoms with Crippen LogP contribution < -0.4 is 0 Å². The van der Waals surface area contributed by atoms with Crippen molar-refractivity contribution in [1.29, 1.82) is 0 Å². The van der Waals surface area contributed by atoms with Gasteiger partial charge in [-0.3, -0.25) is 23.4 Å². The number of allylic oxidation sites excluding steroid dienone is 10. The lowest BCUT2D eigenvalue weighted by Crippen LogP contribution is -2.30. The highest BCUT2D eigenvalue weighted by atomic mass is 31.2. The zero-order chi connectivity index (χ0) is 54.1. The molecule has 12 heteroatoms. The molecule has 74 heavy (non-hydrogen) atoms. The Morgan fingerprint density at radius 3 is 1.12 bits per heavy atom. The van der Waals surface area contributed by atoms with E-state index in [-0.39, 0.29) is 25.9 Å². The molecule has 0 aromatic carbocycles. The van der Waals surface area contributed by atoms with E-state index in [0.29, 0.717) is 19.3 Å². The zero-order valence-electron chi connectivity index (χ0n) is 47.6. The lowest BCUT2D eigenvalue weighted by molar-refractivity contribution is -0.161. The van der Waals surface area contributed by atoms with Crippen molar-refractivity contribution in [3.05, 3.63) is 60.8 Å². The SMILES string of the molecule is CC/C=C\C/C=C\C/C=C\C/C=C\CCCCC(=O)OCC(COP(=O)(O)OCC(CO)OC(=O)CCCCCCCCCCCCCCC)OC(=O)CCCCCCCCCCC/C=C\CCCCCCCC. The molecule has 0 fully saturated rings. The summed E-state index contributed by atoms with van der Waals surface area (Å²) in [6.07, 6.45) is 61.8. The molecule has 0 rings (SSSR count). The highest BCUT2D eigenvalue weighted by molar-refractivity contribution is 7.47. The van der Waals surface area contributed by atoms with Gasteiger partial charge in [-0.1, -0.05) is 236 Å². The molecule has 0 aliphatic rings.